The smallest absolute Gasteiger partial charge is 0.255 e. The molecule has 0 aliphatic rings. The van der Waals surface area contributed by atoms with E-state index in [4.69, 9.17) is 0 Å². The third-order valence-corrected chi connectivity index (χ3v) is 3.07. The molecule has 0 bridgehead atoms. The normalized spacial score (nSPS) is 12.2. The maximum atomic E-state index is 13.0. The molecule has 0 saturated heterocycles. The molecule has 2 N–H and O–H groups in total. The maximum absolute atomic E-state index is 13.0. The van der Waals surface area contributed by atoms with Crippen molar-refractivity contribution < 1.29 is 14.3 Å². The van der Waals surface area contributed by atoms with Gasteiger partial charge in [-0.25, -0.2) is 4.39 Å². The maximum Gasteiger partial charge on any atom is 0.255 e. The van der Waals surface area contributed by atoms with Gasteiger partial charge in [0.25, 0.3) is 5.91 Å². The van der Waals surface area contributed by atoms with Crippen LogP contribution in [0.1, 0.15) is 56.3 Å². The number of aromatic hydroxyl groups is 1. The predicted molar refractivity (Wildman–Crippen MR) is 73.8 cm³/mol. The number of carbonyl (C=O) groups is 1. The highest BCUT2D eigenvalue weighted by Gasteiger charge is 2.14. The van der Waals surface area contributed by atoms with E-state index < -0.39 is 11.7 Å². The first-order chi connectivity index (χ1) is 9.04. The van der Waals surface area contributed by atoms with Gasteiger partial charge < -0.3 is 10.4 Å². The predicted octanol–water partition coefficient (Wildman–Crippen LogP) is 3.62. The van der Waals surface area contributed by atoms with E-state index in [9.17, 15) is 14.3 Å². The summed E-state index contributed by atoms with van der Waals surface area (Å²) in [6.45, 7) is 4.07. The van der Waals surface area contributed by atoms with Gasteiger partial charge in [-0.05, 0) is 31.5 Å². The second kappa shape index (κ2) is 7.77. The Morgan fingerprint density at radius 3 is 2.79 bits per heavy atom. The third-order valence-electron chi connectivity index (χ3n) is 3.07. The Morgan fingerprint density at radius 2 is 2.11 bits per heavy atom. The number of amides is 1. The molecule has 3 nitrogen and oxygen atoms in total. The Morgan fingerprint density at radius 1 is 1.37 bits per heavy atom. The molecule has 4 heteroatoms. The summed E-state index contributed by atoms with van der Waals surface area (Å²) < 4.78 is 13.0. The summed E-state index contributed by atoms with van der Waals surface area (Å²) in [6, 6.07) is 3.39. The zero-order chi connectivity index (χ0) is 14.3. The van der Waals surface area contributed by atoms with Gasteiger partial charge in [-0.1, -0.05) is 32.6 Å². The number of halogens is 1. The van der Waals surface area contributed by atoms with Gasteiger partial charge in [-0.3, -0.25) is 4.79 Å². The minimum Gasteiger partial charge on any atom is -0.507 e. The second-order valence-electron chi connectivity index (χ2n) is 4.89. The molecule has 0 aromatic heterocycles. The first kappa shape index (κ1) is 15.5. The van der Waals surface area contributed by atoms with Crippen molar-refractivity contribution in [2.75, 3.05) is 0 Å². The van der Waals surface area contributed by atoms with E-state index in [-0.39, 0.29) is 17.4 Å². The highest BCUT2D eigenvalue weighted by atomic mass is 19.1. The van der Waals surface area contributed by atoms with Crippen LogP contribution in [0.5, 0.6) is 5.75 Å². The van der Waals surface area contributed by atoms with E-state index >= 15 is 0 Å². The van der Waals surface area contributed by atoms with Crippen molar-refractivity contribution in [1.82, 2.24) is 5.32 Å². The van der Waals surface area contributed by atoms with Crippen molar-refractivity contribution in [3.05, 3.63) is 29.6 Å². The van der Waals surface area contributed by atoms with E-state index in [1.165, 1.54) is 18.9 Å². The van der Waals surface area contributed by atoms with Gasteiger partial charge in [-0.15, -0.1) is 0 Å². The van der Waals surface area contributed by atoms with Crippen LogP contribution in [0, 0.1) is 5.82 Å². The largest absolute Gasteiger partial charge is 0.507 e. The van der Waals surface area contributed by atoms with Crippen LogP contribution in [0.3, 0.4) is 0 Å². The summed E-state index contributed by atoms with van der Waals surface area (Å²) in [7, 11) is 0. The van der Waals surface area contributed by atoms with Gasteiger partial charge in [0.1, 0.15) is 11.6 Å². The van der Waals surface area contributed by atoms with E-state index in [0.717, 1.165) is 31.4 Å². The van der Waals surface area contributed by atoms with Crippen molar-refractivity contribution in [1.29, 1.82) is 0 Å². The number of rotatable bonds is 7. The average Bonchev–Trinajstić information content (AvgIpc) is 2.37. The van der Waals surface area contributed by atoms with Crippen LogP contribution in [0.4, 0.5) is 4.39 Å². The fourth-order valence-electron chi connectivity index (χ4n) is 1.94. The van der Waals surface area contributed by atoms with Gasteiger partial charge >= 0.3 is 0 Å². The quantitative estimate of drug-likeness (QED) is 0.741. The molecule has 0 aliphatic heterocycles. The zero-order valence-electron chi connectivity index (χ0n) is 11.6. The van der Waals surface area contributed by atoms with Crippen molar-refractivity contribution in [2.24, 2.45) is 0 Å². The van der Waals surface area contributed by atoms with Gasteiger partial charge in [0.05, 0.1) is 5.56 Å². The van der Waals surface area contributed by atoms with Crippen LogP contribution < -0.4 is 5.32 Å². The fraction of sp³-hybridized carbons (Fsp3) is 0.533. The summed E-state index contributed by atoms with van der Waals surface area (Å²) >= 11 is 0. The highest BCUT2D eigenvalue weighted by molar-refractivity contribution is 5.96. The lowest BCUT2D eigenvalue weighted by Gasteiger charge is -2.14. The van der Waals surface area contributed by atoms with Crippen molar-refractivity contribution in [3.63, 3.8) is 0 Å². The Labute approximate surface area is 113 Å². The number of nitrogens with one attached hydrogen (secondary N) is 1. The van der Waals surface area contributed by atoms with Gasteiger partial charge in [0.2, 0.25) is 0 Å². The summed E-state index contributed by atoms with van der Waals surface area (Å²) in [4.78, 5) is 11.9. The van der Waals surface area contributed by atoms with E-state index in [1.54, 1.807) is 0 Å². The molecule has 0 aliphatic carbocycles. The number of carbonyl (C=O) groups excluding carboxylic acids is 1. The topological polar surface area (TPSA) is 49.3 Å². The molecule has 1 unspecified atom stereocenters. The molecule has 1 atom stereocenters. The van der Waals surface area contributed by atoms with Crippen LogP contribution in [0.2, 0.25) is 0 Å². The lowest BCUT2D eigenvalue weighted by molar-refractivity contribution is 0.0934. The number of unbranched alkanes of at least 4 members (excludes halogenated alkanes) is 3. The Kier molecular flexibility index (Phi) is 6.33. The van der Waals surface area contributed by atoms with Crippen molar-refractivity contribution in [2.45, 2.75) is 52.0 Å². The molecule has 106 valence electrons. The second-order valence-corrected chi connectivity index (χ2v) is 4.89. The number of hydrogen-bond donors (Lipinski definition) is 2. The number of hydrogen-bond acceptors (Lipinski definition) is 2. The van der Waals surface area contributed by atoms with Crippen molar-refractivity contribution >= 4 is 5.91 Å². The number of phenols is 1. The van der Waals surface area contributed by atoms with E-state index in [2.05, 4.69) is 12.2 Å². The van der Waals surface area contributed by atoms with Crippen LogP contribution >= 0.6 is 0 Å². The summed E-state index contributed by atoms with van der Waals surface area (Å²) in [5.74, 6) is -1.16. The summed E-state index contributed by atoms with van der Waals surface area (Å²) in [6.07, 6.45) is 5.48. The monoisotopic (exact) mass is 267 g/mol. The van der Waals surface area contributed by atoms with Crippen LogP contribution in [-0.2, 0) is 0 Å². The third kappa shape index (κ3) is 5.28. The molecule has 1 amide bonds. The Balaban J connectivity index is 2.47. The Bertz CT molecular complexity index is 421. The van der Waals surface area contributed by atoms with Gasteiger partial charge in [0, 0.05) is 6.04 Å². The molecule has 0 fully saturated rings. The summed E-state index contributed by atoms with van der Waals surface area (Å²) in [5, 5.41) is 12.3. The van der Waals surface area contributed by atoms with Crippen LogP contribution in [-0.4, -0.2) is 17.1 Å². The molecular formula is C15H22FNO2. The first-order valence-electron chi connectivity index (χ1n) is 6.84. The zero-order valence-corrected chi connectivity index (χ0v) is 11.6. The molecular weight excluding hydrogens is 245 g/mol. The number of benzene rings is 1. The molecule has 0 spiro atoms. The summed E-state index contributed by atoms with van der Waals surface area (Å²) in [5.41, 5.74) is -0.0135. The van der Waals surface area contributed by atoms with Gasteiger partial charge in [-0.2, -0.15) is 0 Å². The SMILES string of the molecule is CCCCCCC(C)NC(=O)c1cc(F)ccc1O. The molecule has 1 aromatic carbocycles. The first-order valence-corrected chi connectivity index (χ1v) is 6.84. The Hall–Kier alpha value is -1.58. The lowest BCUT2D eigenvalue weighted by Crippen LogP contribution is -2.32. The lowest BCUT2D eigenvalue weighted by atomic mass is 10.1. The van der Waals surface area contributed by atoms with Crippen LogP contribution in [0.25, 0.3) is 0 Å². The van der Waals surface area contributed by atoms with E-state index in [1.807, 2.05) is 6.92 Å². The van der Waals surface area contributed by atoms with Gasteiger partial charge in [0.15, 0.2) is 0 Å². The minimum atomic E-state index is -0.529. The average molecular weight is 267 g/mol. The molecule has 0 heterocycles. The molecule has 1 rings (SSSR count). The standard InChI is InChI=1S/C15H22FNO2/c1-3-4-5-6-7-11(2)17-15(19)13-10-12(16)8-9-14(13)18/h8-11,18H,3-7H2,1-2H3,(H,17,19). The van der Waals surface area contributed by atoms with Crippen molar-refractivity contribution in [3.8, 4) is 5.75 Å². The highest BCUT2D eigenvalue weighted by Crippen LogP contribution is 2.18. The fourth-order valence-corrected chi connectivity index (χ4v) is 1.94. The minimum absolute atomic E-state index is 0.0135. The molecule has 19 heavy (non-hydrogen) atoms. The molecule has 1 aromatic rings. The number of phenolic OH excluding ortho intramolecular Hbond substituents is 1. The molecule has 0 radical (unpaired) electrons. The van der Waals surface area contributed by atoms with Crippen LogP contribution in [0.15, 0.2) is 18.2 Å². The van der Waals surface area contributed by atoms with E-state index in [0.29, 0.717) is 0 Å². The molecule has 0 saturated carbocycles.